The fourth-order valence-electron chi connectivity index (χ4n) is 2.77. The van der Waals surface area contributed by atoms with Gasteiger partial charge >= 0.3 is 0 Å². The summed E-state index contributed by atoms with van der Waals surface area (Å²) < 4.78 is 49.9. The largest absolute Gasteiger partial charge is 0.229 e. The highest BCUT2D eigenvalue weighted by Crippen LogP contribution is 2.31. The van der Waals surface area contributed by atoms with Crippen molar-refractivity contribution in [1.82, 2.24) is 4.31 Å². The third-order valence-electron chi connectivity index (χ3n) is 4.24. The molecule has 5 nitrogen and oxygen atoms in total. The van der Waals surface area contributed by atoms with Crippen molar-refractivity contribution in [3.63, 3.8) is 0 Å². The molecule has 0 unspecified atom stereocenters. The first-order valence-electron chi connectivity index (χ1n) is 7.14. The standard InChI is InChI=1S/C12H22ClNO4S2/c13-7-2-8-14(11-3-1-4-11)20(17,18)12-5-9-19(15,16)10-6-12/h11-12H,1-10H2. The van der Waals surface area contributed by atoms with Crippen molar-refractivity contribution in [1.29, 1.82) is 0 Å². The fourth-order valence-corrected chi connectivity index (χ4v) is 6.90. The second-order valence-corrected chi connectivity index (χ2v) is 10.5. The average molecular weight is 344 g/mol. The Balaban J connectivity index is 2.09. The zero-order chi connectivity index (χ0) is 14.8. The van der Waals surface area contributed by atoms with Gasteiger partial charge in [0.25, 0.3) is 0 Å². The lowest BCUT2D eigenvalue weighted by atomic mass is 9.93. The number of sulfonamides is 1. The lowest BCUT2D eigenvalue weighted by Gasteiger charge is -2.39. The number of hydrogen-bond donors (Lipinski definition) is 0. The molecule has 1 aliphatic heterocycles. The van der Waals surface area contributed by atoms with Crippen molar-refractivity contribution < 1.29 is 16.8 Å². The minimum absolute atomic E-state index is 0.00902. The predicted molar refractivity (Wildman–Crippen MR) is 80.3 cm³/mol. The van der Waals surface area contributed by atoms with Crippen molar-refractivity contribution in [3.8, 4) is 0 Å². The first-order chi connectivity index (χ1) is 9.37. The van der Waals surface area contributed by atoms with Gasteiger partial charge in [-0.3, -0.25) is 0 Å². The Hall–Kier alpha value is 0.150. The highest BCUT2D eigenvalue weighted by molar-refractivity contribution is 7.92. The summed E-state index contributed by atoms with van der Waals surface area (Å²) in [5.74, 6) is 0.424. The molecule has 1 saturated heterocycles. The minimum Gasteiger partial charge on any atom is -0.229 e. The number of nitrogens with zero attached hydrogens (tertiary/aromatic N) is 1. The normalized spacial score (nSPS) is 24.7. The highest BCUT2D eigenvalue weighted by Gasteiger charge is 2.40. The Morgan fingerprint density at radius 1 is 1.10 bits per heavy atom. The molecule has 0 aromatic heterocycles. The molecule has 0 aromatic rings. The van der Waals surface area contributed by atoms with Gasteiger partial charge in [0.15, 0.2) is 0 Å². The molecular weight excluding hydrogens is 322 g/mol. The molecule has 2 fully saturated rings. The molecule has 1 heterocycles. The van der Waals surface area contributed by atoms with Crippen LogP contribution in [-0.2, 0) is 19.9 Å². The molecule has 0 atom stereocenters. The van der Waals surface area contributed by atoms with E-state index in [9.17, 15) is 16.8 Å². The Bertz CT molecular complexity index is 514. The van der Waals surface area contributed by atoms with Gasteiger partial charge in [-0.05, 0) is 32.1 Å². The van der Waals surface area contributed by atoms with Crippen molar-refractivity contribution in [2.75, 3.05) is 23.9 Å². The first-order valence-corrected chi connectivity index (χ1v) is 11.0. The van der Waals surface area contributed by atoms with Crippen molar-refractivity contribution in [2.45, 2.75) is 49.8 Å². The van der Waals surface area contributed by atoms with Gasteiger partial charge < -0.3 is 0 Å². The van der Waals surface area contributed by atoms with E-state index in [2.05, 4.69) is 0 Å². The molecule has 0 spiro atoms. The monoisotopic (exact) mass is 343 g/mol. The van der Waals surface area contributed by atoms with Crippen LogP contribution in [0.2, 0.25) is 0 Å². The molecule has 0 radical (unpaired) electrons. The Labute approximate surface area is 126 Å². The summed E-state index contributed by atoms with van der Waals surface area (Å²) in [6.45, 7) is 0.458. The summed E-state index contributed by atoms with van der Waals surface area (Å²) in [5.41, 5.74) is 0. The van der Waals surface area contributed by atoms with Crippen LogP contribution in [0.1, 0.15) is 38.5 Å². The lowest BCUT2D eigenvalue weighted by molar-refractivity contribution is 0.217. The SMILES string of the molecule is O=S1(=O)CCC(S(=O)(=O)N(CCCCl)C2CCC2)CC1. The van der Waals surface area contributed by atoms with Gasteiger partial charge in [0, 0.05) is 18.5 Å². The molecule has 2 rings (SSSR count). The molecule has 2 aliphatic rings. The number of alkyl halides is 1. The van der Waals surface area contributed by atoms with Crippen LogP contribution in [0.15, 0.2) is 0 Å². The third kappa shape index (κ3) is 3.67. The molecular formula is C12H22ClNO4S2. The molecule has 118 valence electrons. The number of rotatable bonds is 6. The van der Waals surface area contributed by atoms with Crippen LogP contribution in [-0.4, -0.2) is 56.4 Å². The molecule has 20 heavy (non-hydrogen) atoms. The fraction of sp³-hybridized carbons (Fsp3) is 1.00. The third-order valence-corrected chi connectivity index (χ3v) is 8.67. The summed E-state index contributed by atoms with van der Waals surface area (Å²) in [6, 6.07) is 0.0988. The van der Waals surface area contributed by atoms with E-state index in [1.807, 2.05) is 0 Å². The smallest absolute Gasteiger partial charge is 0.217 e. The van der Waals surface area contributed by atoms with E-state index in [1.165, 1.54) is 0 Å². The number of hydrogen-bond acceptors (Lipinski definition) is 4. The van der Waals surface area contributed by atoms with Crippen molar-refractivity contribution >= 4 is 31.5 Å². The van der Waals surface area contributed by atoms with Crippen molar-refractivity contribution in [3.05, 3.63) is 0 Å². The van der Waals surface area contributed by atoms with Gasteiger partial charge in [0.2, 0.25) is 10.0 Å². The van der Waals surface area contributed by atoms with Gasteiger partial charge in [-0.2, -0.15) is 4.31 Å². The van der Waals surface area contributed by atoms with E-state index in [4.69, 9.17) is 11.6 Å². The van der Waals surface area contributed by atoms with Crippen LogP contribution < -0.4 is 0 Å². The second kappa shape index (κ2) is 6.50. The minimum atomic E-state index is -3.40. The van der Waals surface area contributed by atoms with Gasteiger partial charge in [0.05, 0.1) is 16.8 Å². The maximum absolute atomic E-state index is 12.7. The summed E-state index contributed by atoms with van der Waals surface area (Å²) >= 11 is 5.68. The maximum Gasteiger partial charge on any atom is 0.217 e. The topological polar surface area (TPSA) is 71.5 Å². The first kappa shape index (κ1) is 16.5. The van der Waals surface area contributed by atoms with Crippen LogP contribution in [0.5, 0.6) is 0 Å². The number of halogens is 1. The predicted octanol–water partition coefficient (Wildman–Crippen LogP) is 1.38. The van der Waals surface area contributed by atoms with E-state index in [0.29, 0.717) is 18.8 Å². The van der Waals surface area contributed by atoms with E-state index in [-0.39, 0.29) is 30.4 Å². The van der Waals surface area contributed by atoms with Gasteiger partial charge in [-0.25, -0.2) is 16.8 Å². The maximum atomic E-state index is 12.7. The zero-order valence-corrected chi connectivity index (χ0v) is 13.9. The van der Waals surface area contributed by atoms with Crippen LogP contribution in [0.25, 0.3) is 0 Å². The molecule has 1 aliphatic carbocycles. The Morgan fingerprint density at radius 3 is 2.15 bits per heavy atom. The number of sulfone groups is 1. The second-order valence-electron chi connectivity index (χ2n) is 5.63. The van der Waals surface area contributed by atoms with E-state index in [1.54, 1.807) is 4.31 Å². The van der Waals surface area contributed by atoms with Crippen LogP contribution in [0, 0.1) is 0 Å². The van der Waals surface area contributed by atoms with Gasteiger partial charge in [-0.1, -0.05) is 6.42 Å². The molecule has 0 N–H and O–H groups in total. The molecule has 8 heteroatoms. The summed E-state index contributed by atoms with van der Waals surface area (Å²) in [4.78, 5) is 0. The molecule has 0 amide bonds. The summed E-state index contributed by atoms with van der Waals surface area (Å²) in [6.07, 6.45) is 3.99. The lowest BCUT2D eigenvalue weighted by Crippen LogP contribution is -2.50. The molecule has 0 bridgehead atoms. The van der Waals surface area contributed by atoms with Crippen molar-refractivity contribution in [2.24, 2.45) is 0 Å². The average Bonchev–Trinajstić information content (AvgIpc) is 2.31. The van der Waals surface area contributed by atoms with E-state index >= 15 is 0 Å². The van der Waals surface area contributed by atoms with Gasteiger partial charge in [-0.15, -0.1) is 11.6 Å². The quantitative estimate of drug-likeness (QED) is 0.683. The molecule has 1 saturated carbocycles. The highest BCUT2D eigenvalue weighted by atomic mass is 35.5. The van der Waals surface area contributed by atoms with Crippen LogP contribution >= 0.6 is 11.6 Å². The van der Waals surface area contributed by atoms with Crippen LogP contribution in [0.4, 0.5) is 0 Å². The summed E-state index contributed by atoms with van der Waals surface area (Å²) in [5, 5.41) is -0.540. The van der Waals surface area contributed by atoms with E-state index < -0.39 is 25.1 Å². The van der Waals surface area contributed by atoms with E-state index in [0.717, 1.165) is 19.3 Å². The van der Waals surface area contributed by atoms with Gasteiger partial charge in [0.1, 0.15) is 9.84 Å². The Morgan fingerprint density at radius 2 is 1.70 bits per heavy atom. The summed E-state index contributed by atoms with van der Waals surface area (Å²) in [7, 11) is -6.43. The zero-order valence-electron chi connectivity index (χ0n) is 11.5. The molecule has 0 aromatic carbocycles. The van der Waals surface area contributed by atoms with Crippen LogP contribution in [0.3, 0.4) is 0 Å². The Kier molecular flexibility index (Phi) is 5.37.